The van der Waals surface area contributed by atoms with Crippen molar-refractivity contribution in [1.82, 2.24) is 15.0 Å². The largest absolute Gasteiger partial charge is 0.264 e. The molecule has 3 nitrogen and oxygen atoms in total. The number of pyridine rings is 1. The lowest BCUT2D eigenvalue weighted by molar-refractivity contribution is 0.953. The molecule has 3 heteroatoms. The van der Waals surface area contributed by atoms with Gasteiger partial charge in [-0.3, -0.25) is 4.98 Å². The third-order valence-corrected chi connectivity index (χ3v) is 6.94. The molecule has 5 rings (SSSR count). The number of rotatable bonds is 8. The van der Waals surface area contributed by atoms with E-state index in [1.807, 2.05) is 42.9 Å². The first kappa shape index (κ1) is 25.3. The maximum absolute atomic E-state index is 5.10. The Balaban J connectivity index is 1.52. The number of hydrogen-bond donors (Lipinski definition) is 0. The molecule has 0 radical (unpaired) electrons. The Labute approximate surface area is 226 Å². The summed E-state index contributed by atoms with van der Waals surface area (Å²) in [5, 5.41) is 0. The molecule has 0 N–H and O–H groups in total. The van der Waals surface area contributed by atoms with Gasteiger partial charge in [0, 0.05) is 41.2 Å². The first-order chi connectivity index (χ1) is 18.7. The molecule has 0 aliphatic heterocycles. The van der Waals surface area contributed by atoms with Crippen molar-refractivity contribution < 1.29 is 0 Å². The summed E-state index contributed by atoms with van der Waals surface area (Å²) in [6.07, 6.45) is 22.2. The van der Waals surface area contributed by atoms with E-state index in [4.69, 9.17) is 9.97 Å². The van der Waals surface area contributed by atoms with Crippen LogP contribution in [0.25, 0.3) is 33.8 Å². The molecule has 0 amide bonds. The van der Waals surface area contributed by atoms with Gasteiger partial charge in [0.15, 0.2) is 5.82 Å². The second-order valence-corrected chi connectivity index (χ2v) is 9.54. The molecule has 0 saturated heterocycles. The van der Waals surface area contributed by atoms with Gasteiger partial charge in [0.1, 0.15) is 0 Å². The lowest BCUT2D eigenvalue weighted by Crippen LogP contribution is -1.99. The fourth-order valence-corrected chi connectivity index (χ4v) is 4.70. The molecule has 38 heavy (non-hydrogen) atoms. The molecule has 188 valence electrons. The summed E-state index contributed by atoms with van der Waals surface area (Å²) in [5.41, 5.74) is 9.07. The van der Waals surface area contributed by atoms with E-state index in [0.717, 1.165) is 47.5 Å². The van der Waals surface area contributed by atoms with Crippen molar-refractivity contribution in [2.45, 2.75) is 39.0 Å². The molecule has 1 aliphatic rings. The van der Waals surface area contributed by atoms with Gasteiger partial charge < -0.3 is 0 Å². The Morgan fingerprint density at radius 2 is 1.71 bits per heavy atom. The zero-order valence-electron chi connectivity index (χ0n) is 22.1. The second kappa shape index (κ2) is 12.2. The van der Waals surface area contributed by atoms with Gasteiger partial charge in [-0.2, -0.15) is 0 Å². The molecule has 0 spiro atoms. The monoisotopic (exact) mass is 495 g/mol. The van der Waals surface area contributed by atoms with Crippen molar-refractivity contribution in [2.75, 3.05) is 0 Å². The van der Waals surface area contributed by atoms with Crippen LogP contribution in [0.1, 0.15) is 55.7 Å². The standard InChI is InChI=1S/C35H33N3/c1-3-27(17-10-12-26(2)32-18-11-23-36-24-32)33-25-37-35(31-15-8-5-9-16-31)38-34(33)30-21-19-29(20-22-30)28-13-6-4-7-14-28/h5-6,8-26H,3-4,7H2,1-2H3/b12-10-,27-17+. The quantitative estimate of drug-likeness (QED) is 0.229. The minimum Gasteiger partial charge on any atom is -0.264 e. The summed E-state index contributed by atoms with van der Waals surface area (Å²) < 4.78 is 0. The highest BCUT2D eigenvalue weighted by Gasteiger charge is 2.14. The van der Waals surface area contributed by atoms with E-state index in [2.05, 4.69) is 97.8 Å². The van der Waals surface area contributed by atoms with Crippen LogP contribution in [-0.2, 0) is 0 Å². The second-order valence-electron chi connectivity index (χ2n) is 9.54. The number of benzene rings is 2. The van der Waals surface area contributed by atoms with Crippen LogP contribution in [0.3, 0.4) is 0 Å². The molecular weight excluding hydrogens is 462 g/mol. The van der Waals surface area contributed by atoms with E-state index in [1.54, 1.807) is 0 Å². The van der Waals surface area contributed by atoms with Crippen LogP contribution in [-0.4, -0.2) is 15.0 Å². The van der Waals surface area contributed by atoms with E-state index in [-0.39, 0.29) is 5.92 Å². The van der Waals surface area contributed by atoms with Crippen LogP contribution < -0.4 is 0 Å². The SMILES string of the molecule is CC/C(=C\C=C/C(C)c1cccnc1)c1cnc(-c2ccccc2)nc1-c1ccc(C2=CCCC=C2)cc1. The van der Waals surface area contributed by atoms with E-state index in [0.29, 0.717) is 0 Å². The van der Waals surface area contributed by atoms with Gasteiger partial charge in [-0.25, -0.2) is 9.97 Å². The minimum atomic E-state index is 0.282. The Kier molecular flexibility index (Phi) is 8.15. The van der Waals surface area contributed by atoms with Gasteiger partial charge in [-0.15, -0.1) is 0 Å². The van der Waals surface area contributed by atoms with Gasteiger partial charge in [0.05, 0.1) is 5.69 Å². The molecule has 1 atom stereocenters. The molecule has 0 fully saturated rings. The molecule has 2 aromatic heterocycles. The molecule has 1 unspecified atom stereocenters. The molecule has 1 aliphatic carbocycles. The Bertz CT molecular complexity index is 1480. The van der Waals surface area contributed by atoms with Crippen molar-refractivity contribution in [3.05, 3.63) is 138 Å². The number of allylic oxidation sites excluding steroid dienone is 8. The minimum absolute atomic E-state index is 0.282. The van der Waals surface area contributed by atoms with Crippen LogP contribution in [0.5, 0.6) is 0 Å². The third kappa shape index (κ3) is 5.95. The first-order valence-corrected chi connectivity index (χ1v) is 13.4. The predicted molar refractivity (Wildman–Crippen MR) is 159 cm³/mol. The topological polar surface area (TPSA) is 38.7 Å². The summed E-state index contributed by atoms with van der Waals surface area (Å²) in [4.78, 5) is 14.1. The lowest BCUT2D eigenvalue weighted by Gasteiger charge is -2.14. The summed E-state index contributed by atoms with van der Waals surface area (Å²) in [5.74, 6) is 1.02. The van der Waals surface area contributed by atoms with Crippen LogP contribution in [0.2, 0.25) is 0 Å². The van der Waals surface area contributed by atoms with Crippen LogP contribution in [0, 0.1) is 0 Å². The molecule has 0 bridgehead atoms. The highest BCUT2D eigenvalue weighted by molar-refractivity contribution is 5.82. The number of hydrogen-bond acceptors (Lipinski definition) is 3. The lowest BCUT2D eigenvalue weighted by atomic mass is 9.95. The molecule has 0 saturated carbocycles. The molecule has 4 aromatic rings. The van der Waals surface area contributed by atoms with E-state index in [1.165, 1.54) is 22.3 Å². The molecular formula is C35H33N3. The Morgan fingerprint density at radius 1 is 0.895 bits per heavy atom. The van der Waals surface area contributed by atoms with Crippen molar-refractivity contribution in [1.29, 1.82) is 0 Å². The van der Waals surface area contributed by atoms with Gasteiger partial charge in [0.25, 0.3) is 0 Å². The first-order valence-electron chi connectivity index (χ1n) is 13.4. The van der Waals surface area contributed by atoms with Crippen LogP contribution in [0.4, 0.5) is 0 Å². The van der Waals surface area contributed by atoms with Gasteiger partial charge in [-0.1, -0.05) is 111 Å². The average molecular weight is 496 g/mol. The number of aromatic nitrogens is 3. The normalized spacial score (nSPS) is 14.5. The highest BCUT2D eigenvalue weighted by Crippen LogP contribution is 2.32. The summed E-state index contributed by atoms with van der Waals surface area (Å²) in [7, 11) is 0. The maximum Gasteiger partial charge on any atom is 0.159 e. The summed E-state index contributed by atoms with van der Waals surface area (Å²) in [6.45, 7) is 4.37. The van der Waals surface area contributed by atoms with Crippen molar-refractivity contribution in [2.24, 2.45) is 0 Å². The van der Waals surface area contributed by atoms with E-state index >= 15 is 0 Å². The zero-order chi connectivity index (χ0) is 26.2. The number of nitrogens with zero attached hydrogens (tertiary/aromatic N) is 3. The Morgan fingerprint density at radius 3 is 2.42 bits per heavy atom. The molecule has 2 heterocycles. The predicted octanol–water partition coefficient (Wildman–Crippen LogP) is 9.09. The van der Waals surface area contributed by atoms with Crippen molar-refractivity contribution >= 4 is 11.1 Å². The Hall–Kier alpha value is -4.37. The van der Waals surface area contributed by atoms with Crippen molar-refractivity contribution in [3.63, 3.8) is 0 Å². The molecule has 2 aromatic carbocycles. The third-order valence-electron chi connectivity index (χ3n) is 6.94. The van der Waals surface area contributed by atoms with Crippen molar-refractivity contribution in [3.8, 4) is 22.6 Å². The highest BCUT2D eigenvalue weighted by atomic mass is 14.9. The fraction of sp³-hybridized carbons (Fsp3) is 0.171. The fourth-order valence-electron chi connectivity index (χ4n) is 4.70. The van der Waals surface area contributed by atoms with Crippen LogP contribution in [0.15, 0.2) is 122 Å². The summed E-state index contributed by atoms with van der Waals surface area (Å²) >= 11 is 0. The average Bonchev–Trinajstić information content (AvgIpc) is 3.00. The van der Waals surface area contributed by atoms with Gasteiger partial charge >= 0.3 is 0 Å². The summed E-state index contributed by atoms with van der Waals surface area (Å²) in [6, 6.07) is 23.1. The van der Waals surface area contributed by atoms with Gasteiger partial charge in [0.2, 0.25) is 0 Å². The van der Waals surface area contributed by atoms with Crippen LogP contribution >= 0.6 is 0 Å². The zero-order valence-corrected chi connectivity index (χ0v) is 22.1. The van der Waals surface area contributed by atoms with E-state index in [9.17, 15) is 0 Å². The van der Waals surface area contributed by atoms with E-state index < -0.39 is 0 Å². The van der Waals surface area contributed by atoms with Gasteiger partial charge in [-0.05, 0) is 47.6 Å². The maximum atomic E-state index is 5.10. The smallest absolute Gasteiger partial charge is 0.159 e.